The molecular formula is C17H24N3O2+. The van der Waals surface area contributed by atoms with Gasteiger partial charge in [-0.05, 0) is 26.8 Å². The molecule has 0 aliphatic carbocycles. The van der Waals surface area contributed by atoms with Crippen molar-refractivity contribution >= 4 is 22.6 Å². The molecule has 0 bridgehead atoms. The molecule has 1 aromatic heterocycles. The summed E-state index contributed by atoms with van der Waals surface area (Å²) in [7, 11) is 1.86. The first-order chi connectivity index (χ1) is 10.4. The molecule has 1 aromatic carbocycles. The maximum Gasteiger partial charge on any atom is 0.275 e. The highest BCUT2D eigenvalue weighted by molar-refractivity contribution is 6.09. The average molecular weight is 302 g/mol. The molecule has 3 N–H and O–H groups in total. The molecule has 0 saturated carbocycles. The number of rotatable bonds is 6. The van der Waals surface area contributed by atoms with Crippen LogP contribution >= 0.6 is 0 Å². The van der Waals surface area contributed by atoms with Crippen LogP contribution in [0.15, 0.2) is 24.3 Å². The van der Waals surface area contributed by atoms with Gasteiger partial charge in [0.05, 0.1) is 12.6 Å². The van der Waals surface area contributed by atoms with E-state index in [1.165, 1.54) is 0 Å². The van der Waals surface area contributed by atoms with Crippen molar-refractivity contribution in [3.05, 3.63) is 35.5 Å². The minimum Gasteiger partial charge on any atom is -0.358 e. The van der Waals surface area contributed by atoms with Gasteiger partial charge in [0.25, 0.3) is 5.91 Å². The Hall–Kier alpha value is -2.14. The Balaban J connectivity index is 2.08. The van der Waals surface area contributed by atoms with E-state index < -0.39 is 0 Å². The van der Waals surface area contributed by atoms with Gasteiger partial charge in [-0.15, -0.1) is 0 Å². The standard InChI is InChI=1S/C17H23N3O2/c1-11(2)18-16(22)10-20(4)9-15(21)17-12(3)19-14-8-6-5-7-13(14)17/h5-8,11,19H,9-10H2,1-4H3,(H,18,22)/p+1. The number of aromatic nitrogens is 1. The van der Waals surface area contributed by atoms with Crippen LogP contribution in [0.3, 0.4) is 0 Å². The monoisotopic (exact) mass is 302 g/mol. The molecule has 0 aliphatic heterocycles. The van der Waals surface area contributed by atoms with E-state index in [0.717, 1.165) is 27.1 Å². The average Bonchev–Trinajstić information content (AvgIpc) is 2.72. The van der Waals surface area contributed by atoms with E-state index in [4.69, 9.17) is 0 Å². The zero-order chi connectivity index (χ0) is 16.3. The Kier molecular flexibility index (Phi) is 4.98. The number of H-pyrrole nitrogens is 1. The Bertz CT molecular complexity index is 688. The van der Waals surface area contributed by atoms with Crippen LogP contribution in [-0.4, -0.2) is 42.9 Å². The number of aromatic amines is 1. The third-order valence-corrected chi connectivity index (χ3v) is 3.55. The predicted molar refractivity (Wildman–Crippen MR) is 87.3 cm³/mol. The number of amides is 1. The molecular weight excluding hydrogens is 278 g/mol. The Morgan fingerprint density at radius 1 is 1.23 bits per heavy atom. The molecule has 1 amide bonds. The van der Waals surface area contributed by atoms with Crippen molar-refractivity contribution in [3.8, 4) is 0 Å². The van der Waals surface area contributed by atoms with Crippen molar-refractivity contribution in [2.45, 2.75) is 26.8 Å². The number of hydrogen-bond acceptors (Lipinski definition) is 2. The summed E-state index contributed by atoms with van der Waals surface area (Å²) in [5, 5.41) is 3.79. The van der Waals surface area contributed by atoms with Gasteiger partial charge in [-0.2, -0.15) is 0 Å². The van der Waals surface area contributed by atoms with Crippen LogP contribution in [-0.2, 0) is 4.79 Å². The van der Waals surface area contributed by atoms with Gasteiger partial charge >= 0.3 is 0 Å². The van der Waals surface area contributed by atoms with E-state index in [1.54, 1.807) is 0 Å². The summed E-state index contributed by atoms with van der Waals surface area (Å²) in [6.07, 6.45) is 0. The van der Waals surface area contributed by atoms with Crippen LogP contribution in [0.2, 0.25) is 0 Å². The number of hydrogen-bond donors (Lipinski definition) is 3. The molecule has 0 fully saturated rings. The van der Waals surface area contributed by atoms with E-state index in [1.807, 2.05) is 52.1 Å². The topological polar surface area (TPSA) is 66.4 Å². The highest BCUT2D eigenvalue weighted by atomic mass is 16.2. The minimum atomic E-state index is -0.0315. The number of nitrogens with one attached hydrogen (secondary N) is 3. The van der Waals surface area contributed by atoms with Crippen molar-refractivity contribution < 1.29 is 14.5 Å². The van der Waals surface area contributed by atoms with Crippen molar-refractivity contribution in [2.75, 3.05) is 20.1 Å². The van der Waals surface area contributed by atoms with Gasteiger partial charge in [0.1, 0.15) is 6.54 Å². The summed E-state index contributed by atoms with van der Waals surface area (Å²) in [4.78, 5) is 28.5. The Labute approximate surface area is 130 Å². The fraction of sp³-hybridized carbons (Fsp3) is 0.412. The number of fused-ring (bicyclic) bond motifs is 1. The molecule has 0 aliphatic rings. The van der Waals surface area contributed by atoms with Crippen LogP contribution in [0.25, 0.3) is 10.9 Å². The van der Waals surface area contributed by atoms with Gasteiger partial charge in [0.2, 0.25) is 5.78 Å². The second-order valence-electron chi connectivity index (χ2n) is 6.13. The highest BCUT2D eigenvalue weighted by Gasteiger charge is 2.20. The SMILES string of the molecule is Cc1[nH]c2ccccc2c1C(=O)C[NH+](C)CC(=O)NC(C)C. The largest absolute Gasteiger partial charge is 0.358 e. The van der Waals surface area contributed by atoms with Crippen LogP contribution in [0.1, 0.15) is 29.9 Å². The Morgan fingerprint density at radius 3 is 2.59 bits per heavy atom. The summed E-state index contributed by atoms with van der Waals surface area (Å²) in [5.41, 5.74) is 2.59. The Morgan fingerprint density at radius 2 is 1.91 bits per heavy atom. The number of para-hydroxylation sites is 1. The predicted octanol–water partition coefficient (Wildman–Crippen LogP) is 0.698. The van der Waals surface area contributed by atoms with Crippen LogP contribution < -0.4 is 10.2 Å². The molecule has 22 heavy (non-hydrogen) atoms. The molecule has 0 saturated heterocycles. The summed E-state index contributed by atoms with van der Waals surface area (Å²) < 4.78 is 0. The first kappa shape index (κ1) is 16.2. The second kappa shape index (κ2) is 6.75. The third kappa shape index (κ3) is 3.74. The second-order valence-corrected chi connectivity index (χ2v) is 6.13. The lowest BCUT2D eigenvalue weighted by atomic mass is 10.1. The third-order valence-electron chi connectivity index (χ3n) is 3.55. The summed E-state index contributed by atoms with van der Waals surface area (Å²) in [5.74, 6) is 0.0285. The van der Waals surface area contributed by atoms with Crippen molar-refractivity contribution in [2.24, 2.45) is 0 Å². The molecule has 5 heteroatoms. The van der Waals surface area contributed by atoms with Crippen molar-refractivity contribution in [1.29, 1.82) is 0 Å². The van der Waals surface area contributed by atoms with Gasteiger partial charge in [-0.1, -0.05) is 18.2 Å². The molecule has 1 atom stereocenters. The summed E-state index contributed by atoms with van der Waals surface area (Å²) in [6, 6.07) is 7.91. The zero-order valence-electron chi connectivity index (χ0n) is 13.6. The number of carbonyl (C=O) groups excluding carboxylic acids is 2. The normalized spacial score (nSPS) is 12.6. The summed E-state index contributed by atoms with van der Waals surface area (Å²) >= 11 is 0. The lowest BCUT2D eigenvalue weighted by Gasteiger charge is -2.14. The maximum atomic E-state index is 12.6. The van der Waals surface area contributed by atoms with Gasteiger partial charge in [0, 0.05) is 22.6 Å². The lowest BCUT2D eigenvalue weighted by molar-refractivity contribution is -0.862. The van der Waals surface area contributed by atoms with E-state index in [9.17, 15) is 9.59 Å². The maximum absolute atomic E-state index is 12.6. The smallest absolute Gasteiger partial charge is 0.275 e. The number of Topliss-reactive ketones (excluding diaryl/α,β-unsaturated/α-hetero) is 1. The van der Waals surface area contributed by atoms with Gasteiger partial charge in [-0.25, -0.2) is 0 Å². The minimum absolute atomic E-state index is 0.0315. The zero-order valence-corrected chi connectivity index (χ0v) is 13.6. The van der Waals surface area contributed by atoms with Gasteiger partial charge in [-0.3, -0.25) is 9.59 Å². The number of carbonyl (C=O) groups is 2. The molecule has 118 valence electrons. The first-order valence-corrected chi connectivity index (χ1v) is 7.59. The van der Waals surface area contributed by atoms with E-state index >= 15 is 0 Å². The first-order valence-electron chi connectivity index (χ1n) is 7.59. The fourth-order valence-electron chi connectivity index (χ4n) is 2.71. The van der Waals surface area contributed by atoms with Crippen LogP contribution in [0, 0.1) is 6.92 Å². The lowest BCUT2D eigenvalue weighted by Crippen LogP contribution is -3.11. The number of ketones is 1. The molecule has 1 unspecified atom stereocenters. The molecule has 2 aromatic rings. The van der Waals surface area contributed by atoms with E-state index in [0.29, 0.717) is 13.1 Å². The number of aryl methyl sites for hydroxylation is 1. The van der Waals surface area contributed by atoms with Gasteiger partial charge < -0.3 is 15.2 Å². The van der Waals surface area contributed by atoms with E-state index in [-0.39, 0.29) is 17.7 Å². The quantitative estimate of drug-likeness (QED) is 0.688. The number of quaternary nitrogens is 1. The number of benzene rings is 1. The molecule has 0 radical (unpaired) electrons. The van der Waals surface area contributed by atoms with E-state index in [2.05, 4.69) is 10.3 Å². The summed E-state index contributed by atoms with van der Waals surface area (Å²) in [6.45, 7) is 6.36. The fourth-order valence-corrected chi connectivity index (χ4v) is 2.71. The van der Waals surface area contributed by atoms with Gasteiger partial charge in [0.15, 0.2) is 6.54 Å². The molecule has 2 rings (SSSR count). The number of likely N-dealkylation sites (N-methyl/N-ethyl adjacent to an activating group) is 1. The molecule has 1 heterocycles. The molecule has 0 spiro atoms. The molecule has 5 nitrogen and oxygen atoms in total. The van der Waals surface area contributed by atoms with Crippen molar-refractivity contribution in [1.82, 2.24) is 10.3 Å². The van der Waals surface area contributed by atoms with Crippen LogP contribution in [0.5, 0.6) is 0 Å². The van der Waals surface area contributed by atoms with Crippen LogP contribution in [0.4, 0.5) is 0 Å². The van der Waals surface area contributed by atoms with Crippen molar-refractivity contribution in [3.63, 3.8) is 0 Å². The highest BCUT2D eigenvalue weighted by Crippen LogP contribution is 2.21.